The summed E-state index contributed by atoms with van der Waals surface area (Å²) in [6, 6.07) is 14.9. The number of benzene rings is 2. The second-order valence-corrected chi connectivity index (χ2v) is 8.99. The Hall–Kier alpha value is -1.84. The zero-order valence-corrected chi connectivity index (χ0v) is 17.6. The van der Waals surface area contributed by atoms with Crippen LogP contribution in [-0.4, -0.2) is 30.4 Å². The minimum Gasteiger partial charge on any atom is -0.354 e. The van der Waals surface area contributed by atoms with Gasteiger partial charge in [0, 0.05) is 24.2 Å². The van der Waals surface area contributed by atoms with Gasteiger partial charge in [0.25, 0.3) is 0 Å². The predicted molar refractivity (Wildman–Crippen MR) is 115 cm³/mol. The van der Waals surface area contributed by atoms with E-state index in [0.29, 0.717) is 12.6 Å². The number of likely N-dealkylation sites (N-methyl/N-ethyl adjacent to an activating group) is 1. The van der Waals surface area contributed by atoms with Crippen LogP contribution in [0.1, 0.15) is 47.9 Å². The maximum atomic E-state index is 13.3. The average Bonchev–Trinajstić information content (AvgIpc) is 3.18. The molecule has 0 radical (unpaired) electrons. The molecule has 1 heterocycles. The molecule has 3 nitrogen and oxygen atoms in total. The minimum atomic E-state index is -0.397. The summed E-state index contributed by atoms with van der Waals surface area (Å²) in [5.74, 6) is 0.177. The van der Waals surface area contributed by atoms with Gasteiger partial charge >= 0.3 is 0 Å². The number of carbonyl (C=O) groups excluding carboxylic acids is 1. The summed E-state index contributed by atoms with van der Waals surface area (Å²) in [5.41, 5.74) is 4.84. The molecule has 2 aromatic carbocycles. The average molecular weight is 397 g/mol. The zero-order chi connectivity index (χ0) is 19.7. The second-order valence-electron chi connectivity index (χ2n) is 8.55. The molecule has 1 saturated carbocycles. The Labute approximate surface area is 173 Å². The maximum Gasteiger partial charge on any atom is 0.230 e. The molecular formula is C24H29ClN2O. The van der Waals surface area contributed by atoms with Gasteiger partial charge in [-0.05, 0) is 62.1 Å². The molecule has 28 heavy (non-hydrogen) atoms. The maximum absolute atomic E-state index is 13.3. The summed E-state index contributed by atoms with van der Waals surface area (Å²) in [5, 5.41) is 4.03. The van der Waals surface area contributed by atoms with Crippen LogP contribution in [0.2, 0.25) is 5.02 Å². The number of hydrogen-bond donors (Lipinski definition) is 1. The van der Waals surface area contributed by atoms with E-state index in [9.17, 15) is 4.79 Å². The standard InChI is InChI=1S/C24H29ClN2O/c1-17-5-6-18-16-27(2)22(14-19(18)13-17)15-26-23(28)24(11-3-4-12-24)20-7-9-21(25)10-8-20/h5-10,13,22H,3-4,11-12,14-16H2,1-2H3,(H,26,28)/t22-/m1/s1. The van der Waals surface area contributed by atoms with E-state index >= 15 is 0 Å². The van der Waals surface area contributed by atoms with E-state index < -0.39 is 5.41 Å². The molecule has 4 heteroatoms. The molecule has 0 unspecified atom stereocenters. The summed E-state index contributed by atoms with van der Waals surface area (Å²) < 4.78 is 0. The molecule has 1 amide bonds. The van der Waals surface area contributed by atoms with Crippen molar-refractivity contribution in [3.8, 4) is 0 Å². The third-order valence-electron chi connectivity index (χ3n) is 6.65. The Kier molecular flexibility index (Phi) is 5.48. The fraction of sp³-hybridized carbons (Fsp3) is 0.458. The molecule has 1 N–H and O–H groups in total. The van der Waals surface area contributed by atoms with Crippen molar-refractivity contribution in [3.05, 3.63) is 69.7 Å². The highest BCUT2D eigenvalue weighted by Crippen LogP contribution is 2.41. The van der Waals surface area contributed by atoms with Gasteiger partial charge in [0.15, 0.2) is 0 Å². The first-order valence-corrected chi connectivity index (χ1v) is 10.7. The van der Waals surface area contributed by atoms with E-state index in [1.165, 1.54) is 16.7 Å². The number of fused-ring (bicyclic) bond motifs is 1. The first kappa shape index (κ1) is 19.5. The van der Waals surface area contributed by atoms with Crippen molar-refractivity contribution < 1.29 is 4.79 Å². The fourth-order valence-corrected chi connectivity index (χ4v) is 5.03. The first-order valence-electron chi connectivity index (χ1n) is 10.3. The summed E-state index contributed by atoms with van der Waals surface area (Å²) in [6.07, 6.45) is 5.03. The van der Waals surface area contributed by atoms with Crippen LogP contribution >= 0.6 is 11.6 Å². The molecule has 0 aromatic heterocycles. The zero-order valence-electron chi connectivity index (χ0n) is 16.8. The molecule has 148 valence electrons. The van der Waals surface area contributed by atoms with E-state index in [0.717, 1.165) is 49.2 Å². The lowest BCUT2D eigenvalue weighted by Crippen LogP contribution is -2.50. The smallest absolute Gasteiger partial charge is 0.230 e. The quantitative estimate of drug-likeness (QED) is 0.816. The van der Waals surface area contributed by atoms with E-state index in [-0.39, 0.29) is 5.91 Å². The molecule has 1 fully saturated rings. The molecule has 0 spiro atoms. The SMILES string of the molecule is Cc1ccc2c(c1)C[C@H](CNC(=O)C1(c3ccc(Cl)cc3)CCCC1)N(C)C2. The highest BCUT2D eigenvalue weighted by molar-refractivity contribution is 6.30. The van der Waals surface area contributed by atoms with Crippen molar-refractivity contribution in [2.75, 3.05) is 13.6 Å². The van der Waals surface area contributed by atoms with Gasteiger partial charge in [0.05, 0.1) is 5.41 Å². The lowest BCUT2D eigenvalue weighted by Gasteiger charge is -2.36. The van der Waals surface area contributed by atoms with Crippen molar-refractivity contribution in [2.24, 2.45) is 0 Å². The minimum absolute atomic E-state index is 0.177. The summed E-state index contributed by atoms with van der Waals surface area (Å²) >= 11 is 6.07. The number of carbonyl (C=O) groups is 1. The number of aryl methyl sites for hydroxylation is 1. The lowest BCUT2D eigenvalue weighted by molar-refractivity contribution is -0.126. The Morgan fingerprint density at radius 2 is 1.86 bits per heavy atom. The number of amides is 1. The van der Waals surface area contributed by atoms with Crippen molar-refractivity contribution in [1.82, 2.24) is 10.2 Å². The highest BCUT2D eigenvalue weighted by atomic mass is 35.5. The third kappa shape index (κ3) is 3.70. The second kappa shape index (κ2) is 7.88. The van der Waals surface area contributed by atoms with Crippen molar-refractivity contribution in [3.63, 3.8) is 0 Å². The molecule has 0 bridgehead atoms. The third-order valence-corrected chi connectivity index (χ3v) is 6.90. The summed E-state index contributed by atoms with van der Waals surface area (Å²) in [7, 11) is 2.16. The van der Waals surface area contributed by atoms with Gasteiger partial charge in [-0.15, -0.1) is 0 Å². The van der Waals surface area contributed by atoms with Crippen LogP contribution in [-0.2, 0) is 23.2 Å². The van der Waals surface area contributed by atoms with Crippen LogP contribution in [0, 0.1) is 6.92 Å². The van der Waals surface area contributed by atoms with Crippen LogP contribution in [0.3, 0.4) is 0 Å². The Morgan fingerprint density at radius 1 is 1.14 bits per heavy atom. The molecule has 1 aliphatic heterocycles. The highest BCUT2D eigenvalue weighted by Gasteiger charge is 2.42. The normalized spacial score (nSPS) is 21.3. The number of rotatable bonds is 4. The fourth-order valence-electron chi connectivity index (χ4n) is 4.91. The molecule has 2 aliphatic rings. The van der Waals surface area contributed by atoms with Gasteiger partial charge < -0.3 is 5.32 Å². The van der Waals surface area contributed by atoms with Gasteiger partial charge in [-0.2, -0.15) is 0 Å². The number of halogens is 1. The number of nitrogens with one attached hydrogen (secondary N) is 1. The first-order chi connectivity index (χ1) is 13.5. The van der Waals surface area contributed by atoms with Crippen LogP contribution < -0.4 is 5.32 Å². The van der Waals surface area contributed by atoms with Crippen molar-refractivity contribution in [2.45, 2.75) is 57.0 Å². The topological polar surface area (TPSA) is 32.3 Å². The molecule has 1 aliphatic carbocycles. The van der Waals surface area contributed by atoms with Crippen molar-refractivity contribution >= 4 is 17.5 Å². The molecule has 0 saturated heterocycles. The molecule has 2 aromatic rings. The van der Waals surface area contributed by atoms with Crippen LogP contribution in [0.15, 0.2) is 42.5 Å². The van der Waals surface area contributed by atoms with Crippen molar-refractivity contribution in [1.29, 1.82) is 0 Å². The van der Waals surface area contributed by atoms with E-state index in [4.69, 9.17) is 11.6 Å². The van der Waals surface area contributed by atoms with Crippen LogP contribution in [0.4, 0.5) is 0 Å². The monoisotopic (exact) mass is 396 g/mol. The van der Waals surface area contributed by atoms with Gasteiger partial charge in [-0.25, -0.2) is 0 Å². The molecular weight excluding hydrogens is 368 g/mol. The van der Waals surface area contributed by atoms with E-state index in [1.807, 2.05) is 24.3 Å². The lowest BCUT2D eigenvalue weighted by atomic mass is 9.78. The Morgan fingerprint density at radius 3 is 2.57 bits per heavy atom. The molecule has 4 rings (SSSR count). The van der Waals surface area contributed by atoms with E-state index in [1.54, 1.807) is 0 Å². The summed E-state index contributed by atoms with van der Waals surface area (Å²) in [6.45, 7) is 3.78. The number of hydrogen-bond acceptors (Lipinski definition) is 2. The van der Waals surface area contributed by atoms with Gasteiger partial charge in [-0.3, -0.25) is 9.69 Å². The van der Waals surface area contributed by atoms with Crippen LogP contribution in [0.25, 0.3) is 0 Å². The largest absolute Gasteiger partial charge is 0.354 e. The van der Waals surface area contributed by atoms with Gasteiger partial charge in [0.2, 0.25) is 5.91 Å². The predicted octanol–water partition coefficient (Wildman–Crippen LogP) is 4.63. The molecule has 1 atom stereocenters. The van der Waals surface area contributed by atoms with Gasteiger partial charge in [-0.1, -0.05) is 60.3 Å². The van der Waals surface area contributed by atoms with Crippen LogP contribution in [0.5, 0.6) is 0 Å². The number of nitrogens with zero attached hydrogens (tertiary/aromatic N) is 1. The Bertz CT molecular complexity index is 855. The van der Waals surface area contributed by atoms with Gasteiger partial charge in [0.1, 0.15) is 0 Å². The Balaban J connectivity index is 1.47. The summed E-state index contributed by atoms with van der Waals surface area (Å²) in [4.78, 5) is 15.7. The van der Waals surface area contributed by atoms with E-state index in [2.05, 4.69) is 42.4 Å².